The minimum atomic E-state index is -0.103. The van der Waals surface area contributed by atoms with Gasteiger partial charge in [0.2, 0.25) is 0 Å². The van der Waals surface area contributed by atoms with Crippen molar-refractivity contribution in [3.8, 4) is 0 Å². The van der Waals surface area contributed by atoms with Gasteiger partial charge in [-0.2, -0.15) is 0 Å². The fourth-order valence-electron chi connectivity index (χ4n) is 9.74. The molecule has 0 bridgehead atoms. The maximum atomic E-state index is 11.5. The number of nitrogens with one attached hydrogen (secondary N) is 1. The average molecular weight is 456 g/mol. The summed E-state index contributed by atoms with van der Waals surface area (Å²) in [5, 5.41) is 3.81. The van der Waals surface area contributed by atoms with E-state index in [1.807, 2.05) is 5.57 Å². The first kappa shape index (κ1) is 22.6. The lowest BCUT2D eigenvalue weighted by molar-refractivity contribution is -0.154. The van der Waals surface area contributed by atoms with Gasteiger partial charge >= 0.3 is 5.97 Å². The molecule has 6 aliphatic rings. The number of carbonyl (C=O) groups excluding carboxylic acids is 1. The van der Waals surface area contributed by atoms with Crippen molar-refractivity contribution < 1.29 is 14.3 Å². The zero-order valence-electron chi connectivity index (χ0n) is 21.3. The number of hydrogen-bond acceptors (Lipinski definition) is 4. The second-order valence-corrected chi connectivity index (χ2v) is 13.3. The van der Waals surface area contributed by atoms with E-state index in [9.17, 15) is 4.79 Å². The molecule has 0 aromatic heterocycles. The van der Waals surface area contributed by atoms with Gasteiger partial charge in [-0.15, -0.1) is 0 Å². The van der Waals surface area contributed by atoms with Crippen LogP contribution in [0.2, 0.25) is 0 Å². The van der Waals surface area contributed by atoms with Gasteiger partial charge in [-0.1, -0.05) is 25.0 Å². The fraction of sp³-hybridized carbons (Fsp3) is 0.897. The maximum absolute atomic E-state index is 11.5. The Kier molecular flexibility index (Phi) is 5.53. The predicted molar refractivity (Wildman–Crippen MR) is 130 cm³/mol. The van der Waals surface area contributed by atoms with Crippen LogP contribution in [-0.2, 0) is 14.3 Å². The summed E-state index contributed by atoms with van der Waals surface area (Å²) in [7, 11) is 0. The highest BCUT2D eigenvalue weighted by Crippen LogP contribution is 2.65. The molecule has 4 aliphatic carbocycles. The van der Waals surface area contributed by atoms with Crippen LogP contribution >= 0.6 is 0 Å². The lowest BCUT2D eigenvalue weighted by atomic mass is 9.52. The van der Waals surface area contributed by atoms with Crippen molar-refractivity contribution in [1.82, 2.24) is 5.32 Å². The van der Waals surface area contributed by atoms with Crippen LogP contribution in [0.4, 0.5) is 0 Å². The smallest absolute Gasteiger partial charge is 0.302 e. The van der Waals surface area contributed by atoms with Crippen LogP contribution in [0, 0.1) is 35.0 Å². The largest absolute Gasteiger partial charge is 0.463 e. The van der Waals surface area contributed by atoms with Crippen molar-refractivity contribution in [2.45, 2.75) is 122 Å². The first-order valence-corrected chi connectivity index (χ1v) is 14.0. The Bertz CT molecular complexity index is 837. The van der Waals surface area contributed by atoms with Crippen molar-refractivity contribution in [2.75, 3.05) is 6.54 Å². The Morgan fingerprint density at radius 1 is 1.15 bits per heavy atom. The van der Waals surface area contributed by atoms with Gasteiger partial charge in [0.25, 0.3) is 0 Å². The van der Waals surface area contributed by atoms with Crippen molar-refractivity contribution in [1.29, 1.82) is 0 Å². The summed E-state index contributed by atoms with van der Waals surface area (Å²) in [6.45, 7) is 10.1. The number of hydrogen-bond donors (Lipinski definition) is 1. The van der Waals surface area contributed by atoms with Crippen molar-refractivity contribution >= 4 is 5.97 Å². The molecule has 33 heavy (non-hydrogen) atoms. The van der Waals surface area contributed by atoms with Gasteiger partial charge in [-0.05, 0) is 119 Å². The molecule has 6 rings (SSSR count). The number of ether oxygens (including phenoxy) is 2. The van der Waals surface area contributed by atoms with E-state index in [1.165, 1.54) is 51.4 Å². The van der Waals surface area contributed by atoms with E-state index < -0.39 is 0 Å². The van der Waals surface area contributed by atoms with Crippen molar-refractivity contribution in [3.05, 3.63) is 11.1 Å². The molecule has 4 nitrogen and oxygen atoms in total. The van der Waals surface area contributed by atoms with E-state index in [0.717, 1.165) is 55.4 Å². The van der Waals surface area contributed by atoms with E-state index in [4.69, 9.17) is 9.47 Å². The molecule has 2 saturated heterocycles. The van der Waals surface area contributed by atoms with Gasteiger partial charge < -0.3 is 14.8 Å². The minimum absolute atomic E-state index is 0.0898. The molecule has 0 aromatic rings. The number of esters is 1. The summed E-state index contributed by atoms with van der Waals surface area (Å²) in [6, 6.07) is 0.575. The van der Waals surface area contributed by atoms with Crippen LogP contribution < -0.4 is 5.32 Å². The highest BCUT2D eigenvalue weighted by molar-refractivity contribution is 5.66. The SMILES string of the molecule is CC(=O)O[C@H]1CC[C@@]2(C)[C@H](CC[C@H]3[C@@H]4CC[C@]5(CC(C)=C4C[C@@H]32)C[C@@H]2NC[C@@H](C)C[C@H]2O5)C1. The molecule has 0 aromatic carbocycles. The second-order valence-electron chi connectivity index (χ2n) is 13.3. The molecule has 0 radical (unpaired) electrons. The number of rotatable bonds is 1. The summed E-state index contributed by atoms with van der Waals surface area (Å²) in [4.78, 5) is 11.5. The van der Waals surface area contributed by atoms with Gasteiger partial charge in [0, 0.05) is 13.0 Å². The first-order chi connectivity index (χ1) is 15.8. The average Bonchev–Trinajstić information content (AvgIpc) is 3.27. The van der Waals surface area contributed by atoms with Gasteiger partial charge in [-0.25, -0.2) is 0 Å². The van der Waals surface area contributed by atoms with Crippen LogP contribution in [0.1, 0.15) is 98.3 Å². The molecule has 10 atom stereocenters. The standard InChI is InChI=1S/C29H45NO3/c1-17-11-27-26(30-16-17)15-29(33-27)10-8-22-23-6-5-20-12-21(32-19(3)31)7-9-28(20,4)25(23)13-24(22)18(2)14-29/h17,20-23,25-27,30H,5-16H2,1-4H3/t17-,20+,21-,22-,23-,25-,26-,27+,28-,29-/m0/s1. The van der Waals surface area contributed by atoms with Gasteiger partial charge in [0.05, 0.1) is 11.7 Å². The molecule has 2 aliphatic heterocycles. The fourth-order valence-corrected chi connectivity index (χ4v) is 9.74. The van der Waals surface area contributed by atoms with Crippen molar-refractivity contribution in [3.63, 3.8) is 0 Å². The van der Waals surface area contributed by atoms with Crippen LogP contribution in [0.3, 0.4) is 0 Å². The zero-order chi connectivity index (χ0) is 23.0. The molecule has 0 amide bonds. The van der Waals surface area contributed by atoms with E-state index in [2.05, 4.69) is 26.1 Å². The first-order valence-electron chi connectivity index (χ1n) is 14.0. The van der Waals surface area contributed by atoms with E-state index in [-0.39, 0.29) is 17.7 Å². The third-order valence-corrected chi connectivity index (χ3v) is 11.3. The summed E-state index contributed by atoms with van der Waals surface area (Å²) in [5.74, 6) is 3.83. The summed E-state index contributed by atoms with van der Waals surface area (Å²) < 4.78 is 12.6. The molecule has 2 heterocycles. The highest BCUT2D eigenvalue weighted by atomic mass is 16.5. The highest BCUT2D eigenvalue weighted by Gasteiger charge is 2.58. The third kappa shape index (κ3) is 3.73. The summed E-state index contributed by atoms with van der Waals surface area (Å²) in [6.07, 6.45) is 14.2. The predicted octanol–water partition coefficient (Wildman–Crippen LogP) is 5.80. The van der Waals surface area contributed by atoms with Gasteiger partial charge in [0.15, 0.2) is 0 Å². The molecule has 184 valence electrons. The van der Waals surface area contributed by atoms with Crippen LogP contribution in [0.5, 0.6) is 0 Å². The number of fused-ring (bicyclic) bond motifs is 6. The van der Waals surface area contributed by atoms with Crippen molar-refractivity contribution in [2.24, 2.45) is 35.0 Å². The lowest BCUT2D eigenvalue weighted by Gasteiger charge is -2.54. The van der Waals surface area contributed by atoms with E-state index >= 15 is 0 Å². The maximum Gasteiger partial charge on any atom is 0.302 e. The molecule has 5 fully saturated rings. The Labute approximate surface area is 200 Å². The minimum Gasteiger partial charge on any atom is -0.463 e. The zero-order valence-corrected chi connectivity index (χ0v) is 21.3. The monoisotopic (exact) mass is 455 g/mol. The van der Waals surface area contributed by atoms with Gasteiger partial charge in [0.1, 0.15) is 6.10 Å². The molecule has 1 spiro atoms. The summed E-state index contributed by atoms with van der Waals surface area (Å²) >= 11 is 0. The normalized spacial score (nSPS) is 51.4. The number of allylic oxidation sites excluding steroid dienone is 1. The number of carbonyl (C=O) groups is 1. The molecule has 4 heteroatoms. The van der Waals surface area contributed by atoms with Crippen LogP contribution in [0.25, 0.3) is 0 Å². The second kappa shape index (κ2) is 8.08. The number of piperidine rings is 1. The Balaban J connectivity index is 1.20. The molecule has 0 unspecified atom stereocenters. The molecular weight excluding hydrogens is 410 g/mol. The van der Waals surface area contributed by atoms with E-state index in [0.29, 0.717) is 17.6 Å². The third-order valence-electron chi connectivity index (χ3n) is 11.3. The van der Waals surface area contributed by atoms with Crippen LogP contribution in [-0.4, -0.2) is 36.4 Å². The lowest BCUT2D eigenvalue weighted by Crippen LogP contribution is -2.47. The quantitative estimate of drug-likeness (QED) is 0.401. The van der Waals surface area contributed by atoms with Gasteiger partial charge in [-0.3, -0.25) is 4.79 Å². The van der Waals surface area contributed by atoms with E-state index in [1.54, 1.807) is 12.5 Å². The molecule has 3 saturated carbocycles. The Hall–Kier alpha value is -0.870. The summed E-state index contributed by atoms with van der Waals surface area (Å²) in [5.41, 5.74) is 4.01. The molecule has 1 N–H and O–H groups in total. The van der Waals surface area contributed by atoms with Crippen LogP contribution in [0.15, 0.2) is 11.1 Å². The Morgan fingerprint density at radius 2 is 2.00 bits per heavy atom. The Morgan fingerprint density at radius 3 is 2.82 bits per heavy atom. The molecular formula is C29H45NO3. The topological polar surface area (TPSA) is 47.6 Å².